The number of carbonyl (C=O) groups excluding carboxylic acids is 2. The largest absolute Gasteiger partial charge is 0.352 e. The van der Waals surface area contributed by atoms with Crippen molar-refractivity contribution in [3.8, 4) is 0 Å². The van der Waals surface area contributed by atoms with Crippen LogP contribution in [-0.2, 0) is 9.59 Å². The number of rotatable bonds is 12. The lowest BCUT2D eigenvalue weighted by Gasteiger charge is -2.17. The van der Waals surface area contributed by atoms with E-state index < -0.39 is 0 Å². The Hall–Kier alpha value is -1.66. The molecule has 0 aliphatic rings. The summed E-state index contributed by atoms with van der Waals surface area (Å²) in [7, 11) is 4.10. The fourth-order valence-electron chi connectivity index (χ4n) is 1.86. The second-order valence-electron chi connectivity index (χ2n) is 6.07. The Labute approximate surface area is 154 Å². The number of carbonyl (C=O) groups is 2. The van der Waals surface area contributed by atoms with Crippen LogP contribution in [0.1, 0.15) is 33.6 Å². The van der Waals surface area contributed by atoms with Crippen LogP contribution in [0.5, 0.6) is 0 Å². The average Bonchev–Trinajstić information content (AvgIpc) is 2.58. The normalized spacial score (nSPS) is 10.0. The van der Waals surface area contributed by atoms with Gasteiger partial charge in [-0.15, -0.1) is 0 Å². The van der Waals surface area contributed by atoms with Crippen molar-refractivity contribution in [2.24, 2.45) is 0 Å². The summed E-state index contributed by atoms with van der Waals surface area (Å²) < 4.78 is 0. The van der Waals surface area contributed by atoms with Gasteiger partial charge in [0, 0.05) is 25.2 Å². The Balaban J connectivity index is 0. The summed E-state index contributed by atoms with van der Waals surface area (Å²) in [6.45, 7) is 18.4. The molecule has 25 heavy (non-hydrogen) atoms. The number of amides is 2. The number of nitrogens with one attached hydrogen (secondary N) is 2. The van der Waals surface area contributed by atoms with E-state index in [1.54, 1.807) is 6.92 Å². The molecule has 0 saturated heterocycles. The van der Waals surface area contributed by atoms with Crippen LogP contribution >= 0.6 is 0 Å². The fraction of sp³-hybridized carbons (Fsp3) is 0.684. The number of hydrogen-bond acceptors (Lipinski definition) is 4. The molecule has 0 heterocycles. The van der Waals surface area contributed by atoms with Crippen LogP contribution in [0.2, 0.25) is 0 Å². The quantitative estimate of drug-likeness (QED) is 0.413. The Morgan fingerprint density at radius 3 is 2.04 bits per heavy atom. The van der Waals surface area contributed by atoms with Gasteiger partial charge in [0.25, 0.3) is 0 Å². The molecule has 0 aliphatic heterocycles. The van der Waals surface area contributed by atoms with Gasteiger partial charge in [0.15, 0.2) is 0 Å². The van der Waals surface area contributed by atoms with Gasteiger partial charge in [-0.1, -0.05) is 27.0 Å². The van der Waals surface area contributed by atoms with E-state index in [0.717, 1.165) is 45.6 Å². The molecule has 6 nitrogen and oxygen atoms in total. The van der Waals surface area contributed by atoms with Crippen LogP contribution in [0.4, 0.5) is 0 Å². The van der Waals surface area contributed by atoms with Gasteiger partial charge in [-0.2, -0.15) is 0 Å². The third-order valence-corrected chi connectivity index (χ3v) is 3.51. The second kappa shape index (κ2) is 17.2. The molecule has 0 rings (SSSR count). The third kappa shape index (κ3) is 18.5. The molecule has 6 heteroatoms. The van der Waals surface area contributed by atoms with Crippen molar-refractivity contribution >= 4 is 11.8 Å². The predicted molar refractivity (Wildman–Crippen MR) is 107 cm³/mol. The molecule has 0 bridgehead atoms. The van der Waals surface area contributed by atoms with Crippen molar-refractivity contribution in [1.29, 1.82) is 0 Å². The van der Waals surface area contributed by atoms with E-state index in [2.05, 4.69) is 47.4 Å². The molecule has 0 spiro atoms. The molecule has 0 aromatic rings. The maximum absolute atomic E-state index is 11.0. The Kier molecular flexibility index (Phi) is 17.6. The van der Waals surface area contributed by atoms with Crippen molar-refractivity contribution in [3.05, 3.63) is 24.8 Å². The van der Waals surface area contributed by atoms with Crippen molar-refractivity contribution in [3.63, 3.8) is 0 Å². The van der Waals surface area contributed by atoms with Crippen molar-refractivity contribution in [2.75, 3.05) is 53.4 Å². The van der Waals surface area contributed by atoms with Gasteiger partial charge in [0.1, 0.15) is 0 Å². The number of hydrogen-bond donors (Lipinski definition) is 2. The highest BCUT2D eigenvalue weighted by Gasteiger charge is 1.99. The zero-order valence-electron chi connectivity index (χ0n) is 16.9. The number of unbranched alkanes of at least 4 members (excludes halogenated alkanes) is 1. The molecule has 0 saturated carbocycles. The Bertz CT molecular complexity index is 391. The van der Waals surface area contributed by atoms with Gasteiger partial charge in [-0.05, 0) is 59.6 Å². The van der Waals surface area contributed by atoms with E-state index in [0.29, 0.717) is 12.1 Å². The smallest absolute Gasteiger partial charge is 0.246 e. The van der Waals surface area contributed by atoms with Gasteiger partial charge < -0.3 is 20.4 Å². The highest BCUT2D eigenvalue weighted by atomic mass is 16.2. The predicted octanol–water partition coefficient (Wildman–Crippen LogP) is 1.65. The van der Waals surface area contributed by atoms with E-state index in [4.69, 9.17) is 0 Å². The van der Waals surface area contributed by atoms with Gasteiger partial charge in [0.05, 0.1) is 0 Å². The van der Waals surface area contributed by atoms with Crippen LogP contribution in [0.3, 0.4) is 0 Å². The minimum atomic E-state index is -0.0952. The summed E-state index contributed by atoms with van der Waals surface area (Å²) in [5, 5.41) is 5.53. The molecule has 2 N–H and O–H groups in total. The monoisotopic (exact) mass is 354 g/mol. The highest BCUT2D eigenvalue weighted by Crippen LogP contribution is 1.90. The van der Waals surface area contributed by atoms with Crippen molar-refractivity contribution < 1.29 is 9.59 Å². The number of nitrogens with zero attached hydrogens (tertiary/aromatic N) is 2. The third-order valence-electron chi connectivity index (χ3n) is 3.51. The molecule has 0 aromatic heterocycles. The highest BCUT2D eigenvalue weighted by molar-refractivity contribution is 5.92. The first-order valence-electron chi connectivity index (χ1n) is 8.99. The summed E-state index contributed by atoms with van der Waals surface area (Å²) in [4.78, 5) is 26.1. The van der Waals surface area contributed by atoms with Crippen molar-refractivity contribution in [1.82, 2.24) is 20.4 Å². The lowest BCUT2D eigenvalue weighted by atomic mass is 10.3. The summed E-state index contributed by atoms with van der Waals surface area (Å²) >= 11 is 0. The molecule has 2 amide bonds. The van der Waals surface area contributed by atoms with E-state index in [9.17, 15) is 9.59 Å². The lowest BCUT2D eigenvalue weighted by Crippen LogP contribution is -2.33. The maximum atomic E-state index is 11.0. The van der Waals surface area contributed by atoms with Gasteiger partial charge in [0.2, 0.25) is 11.8 Å². The molecular weight excluding hydrogens is 316 g/mol. The van der Waals surface area contributed by atoms with E-state index >= 15 is 0 Å². The standard InChI is InChI=1S/C10H20N2O.C9H18N2O/c1-9(2)10(13)11-7-5-6-8-12(3)4;1-4-9(12)10-7-8-11(5-2)6-3/h1,5-8H2,2-4H3,(H,11,13);4H,1,5-8H2,2-3H3,(H,10,12). The van der Waals surface area contributed by atoms with Crippen LogP contribution in [0.15, 0.2) is 24.8 Å². The van der Waals surface area contributed by atoms with Crippen LogP contribution in [0.25, 0.3) is 0 Å². The van der Waals surface area contributed by atoms with Crippen LogP contribution < -0.4 is 10.6 Å². The molecule has 146 valence electrons. The minimum Gasteiger partial charge on any atom is -0.352 e. The first-order chi connectivity index (χ1) is 11.8. The fourth-order valence-corrected chi connectivity index (χ4v) is 1.86. The molecule has 0 aliphatic carbocycles. The molecule has 0 unspecified atom stereocenters. The first kappa shape index (κ1) is 25.6. The van der Waals surface area contributed by atoms with Crippen LogP contribution in [-0.4, -0.2) is 75.0 Å². The SMILES string of the molecule is C=C(C)C(=O)NCCCCN(C)C.C=CC(=O)NCCN(CC)CC. The van der Waals surface area contributed by atoms with Crippen LogP contribution in [0, 0.1) is 0 Å². The summed E-state index contributed by atoms with van der Waals surface area (Å²) in [6.07, 6.45) is 3.43. The lowest BCUT2D eigenvalue weighted by molar-refractivity contribution is -0.117. The number of likely N-dealkylation sites (N-methyl/N-ethyl adjacent to an activating group) is 1. The molecule has 0 aromatic carbocycles. The van der Waals surface area contributed by atoms with E-state index in [-0.39, 0.29) is 11.8 Å². The minimum absolute atomic E-state index is 0.0372. The maximum Gasteiger partial charge on any atom is 0.246 e. The van der Waals surface area contributed by atoms with E-state index in [1.165, 1.54) is 6.08 Å². The topological polar surface area (TPSA) is 64.7 Å². The molecule has 0 atom stereocenters. The Morgan fingerprint density at radius 2 is 1.60 bits per heavy atom. The van der Waals surface area contributed by atoms with Crippen molar-refractivity contribution in [2.45, 2.75) is 33.6 Å². The average molecular weight is 355 g/mol. The summed E-state index contributed by atoms with van der Waals surface area (Å²) in [5.41, 5.74) is 0.576. The second-order valence-corrected chi connectivity index (χ2v) is 6.07. The molecule has 0 fully saturated rings. The first-order valence-corrected chi connectivity index (χ1v) is 8.99. The van der Waals surface area contributed by atoms with Gasteiger partial charge >= 0.3 is 0 Å². The zero-order chi connectivity index (χ0) is 19.7. The molecular formula is C19H38N4O2. The summed E-state index contributed by atoms with van der Waals surface area (Å²) in [5.74, 6) is -0.132. The molecule has 0 radical (unpaired) electrons. The van der Waals surface area contributed by atoms with E-state index in [1.807, 2.05) is 14.1 Å². The van der Waals surface area contributed by atoms with Gasteiger partial charge in [-0.25, -0.2) is 0 Å². The Morgan fingerprint density at radius 1 is 1.00 bits per heavy atom. The van der Waals surface area contributed by atoms with Gasteiger partial charge in [-0.3, -0.25) is 9.59 Å². The summed E-state index contributed by atoms with van der Waals surface area (Å²) in [6, 6.07) is 0. The zero-order valence-corrected chi connectivity index (χ0v) is 16.9.